The Bertz CT molecular complexity index is 732. The average molecular weight is 368 g/mol. The van der Waals surface area contributed by atoms with Crippen LogP contribution in [0.15, 0.2) is 24.3 Å². The maximum absolute atomic E-state index is 12.6. The molecule has 1 N–H and O–H groups in total. The molecule has 0 aliphatic rings. The first-order valence-corrected chi connectivity index (χ1v) is 6.91. The molecule has 0 aliphatic heterocycles. The molecule has 0 radical (unpaired) electrons. The van der Waals surface area contributed by atoms with Crippen molar-refractivity contribution in [1.82, 2.24) is 9.78 Å². The smallest absolute Gasteiger partial charge is 0.433 e. The standard InChI is InChI=1S/C13H10Cl2F3N3O2/c1-21-10(13(16,17)18)5-12(20-21)23-6-11(22)19-9-3-2-7(14)4-8(9)15/h2-5H,6H2,1H3,(H,19,22). The van der Waals surface area contributed by atoms with Gasteiger partial charge in [0.25, 0.3) is 5.91 Å². The molecule has 0 spiro atoms. The lowest BCUT2D eigenvalue weighted by atomic mass is 10.3. The van der Waals surface area contributed by atoms with Gasteiger partial charge in [-0.1, -0.05) is 23.2 Å². The Morgan fingerprint density at radius 2 is 2.04 bits per heavy atom. The highest BCUT2D eigenvalue weighted by atomic mass is 35.5. The zero-order chi connectivity index (χ0) is 17.2. The van der Waals surface area contributed by atoms with Gasteiger partial charge in [0.2, 0.25) is 5.88 Å². The number of amides is 1. The molecule has 0 saturated carbocycles. The van der Waals surface area contributed by atoms with Crippen LogP contribution in [-0.2, 0) is 18.0 Å². The van der Waals surface area contributed by atoms with Crippen molar-refractivity contribution in [1.29, 1.82) is 0 Å². The van der Waals surface area contributed by atoms with Gasteiger partial charge < -0.3 is 10.1 Å². The van der Waals surface area contributed by atoms with Gasteiger partial charge >= 0.3 is 6.18 Å². The van der Waals surface area contributed by atoms with Gasteiger partial charge in [-0.15, -0.1) is 5.10 Å². The van der Waals surface area contributed by atoms with E-state index in [1.165, 1.54) is 18.2 Å². The first kappa shape index (κ1) is 17.4. The minimum atomic E-state index is -4.55. The molecule has 1 aromatic carbocycles. The quantitative estimate of drug-likeness (QED) is 0.894. The van der Waals surface area contributed by atoms with Crippen LogP contribution in [0.4, 0.5) is 18.9 Å². The van der Waals surface area contributed by atoms with Gasteiger partial charge in [0.1, 0.15) is 5.69 Å². The van der Waals surface area contributed by atoms with Crippen molar-refractivity contribution in [2.45, 2.75) is 6.18 Å². The van der Waals surface area contributed by atoms with E-state index in [1.54, 1.807) is 0 Å². The van der Waals surface area contributed by atoms with Gasteiger partial charge in [0, 0.05) is 18.1 Å². The minimum Gasteiger partial charge on any atom is -0.466 e. The fraction of sp³-hybridized carbons (Fsp3) is 0.231. The lowest BCUT2D eigenvalue weighted by Gasteiger charge is -2.07. The number of nitrogens with one attached hydrogen (secondary N) is 1. The highest BCUT2D eigenvalue weighted by Gasteiger charge is 2.35. The molecule has 1 aromatic heterocycles. The monoisotopic (exact) mass is 367 g/mol. The molecular weight excluding hydrogens is 358 g/mol. The Morgan fingerprint density at radius 3 is 2.61 bits per heavy atom. The first-order chi connectivity index (χ1) is 10.7. The molecule has 0 fully saturated rings. The second-order valence-electron chi connectivity index (χ2n) is 4.45. The molecule has 0 saturated heterocycles. The van der Waals surface area contributed by atoms with Crippen LogP contribution in [0, 0.1) is 0 Å². The summed E-state index contributed by atoms with van der Waals surface area (Å²) in [5, 5.41) is 6.61. The summed E-state index contributed by atoms with van der Waals surface area (Å²) in [6, 6.07) is 5.17. The minimum absolute atomic E-state index is 0.225. The van der Waals surface area contributed by atoms with Crippen LogP contribution in [-0.4, -0.2) is 22.3 Å². The summed E-state index contributed by atoms with van der Waals surface area (Å²) < 4.78 is 43.4. The molecule has 1 heterocycles. The number of hydrogen-bond acceptors (Lipinski definition) is 3. The highest BCUT2D eigenvalue weighted by molar-refractivity contribution is 6.36. The molecular formula is C13H10Cl2F3N3O2. The molecule has 10 heteroatoms. The fourth-order valence-electron chi connectivity index (χ4n) is 1.69. The van der Waals surface area contributed by atoms with Crippen molar-refractivity contribution >= 4 is 34.8 Å². The second kappa shape index (κ2) is 6.67. The summed E-state index contributed by atoms with van der Waals surface area (Å²) in [4.78, 5) is 11.7. The number of rotatable bonds is 4. The predicted molar refractivity (Wildman–Crippen MR) is 78.8 cm³/mol. The number of carbonyl (C=O) groups is 1. The molecule has 0 unspecified atom stereocenters. The fourth-order valence-corrected chi connectivity index (χ4v) is 2.15. The van der Waals surface area contributed by atoms with E-state index in [-0.39, 0.29) is 10.9 Å². The summed E-state index contributed by atoms with van der Waals surface area (Å²) in [5.41, 5.74) is -0.671. The zero-order valence-electron chi connectivity index (χ0n) is 11.6. The summed E-state index contributed by atoms with van der Waals surface area (Å²) in [6.45, 7) is -0.521. The molecule has 2 rings (SSSR count). The zero-order valence-corrected chi connectivity index (χ0v) is 13.1. The largest absolute Gasteiger partial charge is 0.466 e. The molecule has 0 bridgehead atoms. The molecule has 0 atom stereocenters. The Labute approximate surface area is 138 Å². The summed E-state index contributed by atoms with van der Waals surface area (Å²) >= 11 is 11.6. The molecule has 1 amide bonds. The van der Waals surface area contributed by atoms with Gasteiger partial charge in [-0.2, -0.15) is 13.2 Å². The number of nitrogens with zero attached hydrogens (tertiary/aromatic N) is 2. The molecule has 124 valence electrons. The number of aryl methyl sites for hydroxylation is 1. The van der Waals surface area contributed by atoms with E-state index < -0.39 is 24.4 Å². The summed E-state index contributed by atoms with van der Waals surface area (Å²) in [5.74, 6) is -0.911. The van der Waals surface area contributed by atoms with Crippen molar-refractivity contribution in [3.63, 3.8) is 0 Å². The number of halogens is 5. The van der Waals surface area contributed by atoms with E-state index in [1.807, 2.05) is 0 Å². The second-order valence-corrected chi connectivity index (χ2v) is 5.29. The van der Waals surface area contributed by atoms with E-state index in [0.717, 1.165) is 7.05 Å². The third kappa shape index (κ3) is 4.52. The van der Waals surface area contributed by atoms with Gasteiger partial charge in [-0.25, -0.2) is 0 Å². The predicted octanol–water partition coefficient (Wildman–Crippen LogP) is 3.76. The van der Waals surface area contributed by atoms with E-state index in [4.69, 9.17) is 27.9 Å². The number of anilines is 1. The van der Waals surface area contributed by atoms with Crippen LogP contribution in [0.1, 0.15) is 5.69 Å². The highest BCUT2D eigenvalue weighted by Crippen LogP contribution is 2.31. The maximum atomic E-state index is 12.6. The van der Waals surface area contributed by atoms with Crippen molar-refractivity contribution < 1.29 is 22.7 Å². The lowest BCUT2D eigenvalue weighted by molar-refractivity contribution is -0.143. The van der Waals surface area contributed by atoms with Crippen LogP contribution in [0.3, 0.4) is 0 Å². The number of benzene rings is 1. The average Bonchev–Trinajstić information content (AvgIpc) is 2.81. The van der Waals surface area contributed by atoms with Crippen LogP contribution >= 0.6 is 23.2 Å². The first-order valence-electron chi connectivity index (χ1n) is 6.16. The van der Waals surface area contributed by atoms with Crippen molar-refractivity contribution in [2.24, 2.45) is 7.05 Å². The lowest BCUT2D eigenvalue weighted by Crippen LogP contribution is -2.20. The van der Waals surface area contributed by atoms with Gasteiger partial charge in [-0.3, -0.25) is 9.48 Å². The van der Waals surface area contributed by atoms with E-state index in [0.29, 0.717) is 21.5 Å². The Balaban J connectivity index is 1.97. The third-order valence-corrected chi connectivity index (χ3v) is 3.25. The molecule has 0 aliphatic carbocycles. The molecule has 23 heavy (non-hydrogen) atoms. The third-order valence-electron chi connectivity index (χ3n) is 2.70. The molecule has 2 aromatic rings. The number of alkyl halides is 3. The van der Waals surface area contributed by atoms with E-state index in [9.17, 15) is 18.0 Å². The Morgan fingerprint density at radius 1 is 1.35 bits per heavy atom. The topological polar surface area (TPSA) is 56.2 Å². The van der Waals surface area contributed by atoms with Crippen LogP contribution in [0.2, 0.25) is 10.0 Å². The SMILES string of the molecule is Cn1nc(OCC(=O)Nc2ccc(Cl)cc2Cl)cc1C(F)(F)F. The van der Waals surface area contributed by atoms with Crippen LogP contribution in [0.5, 0.6) is 5.88 Å². The van der Waals surface area contributed by atoms with E-state index >= 15 is 0 Å². The number of aromatic nitrogens is 2. The van der Waals surface area contributed by atoms with Crippen molar-refractivity contribution in [3.05, 3.63) is 40.0 Å². The normalized spacial score (nSPS) is 11.4. The van der Waals surface area contributed by atoms with Crippen LogP contribution in [0.25, 0.3) is 0 Å². The number of hydrogen-bond donors (Lipinski definition) is 1. The summed E-state index contributed by atoms with van der Waals surface area (Å²) in [6.07, 6.45) is -4.55. The van der Waals surface area contributed by atoms with Gasteiger partial charge in [0.05, 0.1) is 10.7 Å². The maximum Gasteiger partial charge on any atom is 0.433 e. The Hall–Kier alpha value is -1.93. The van der Waals surface area contributed by atoms with Gasteiger partial charge in [0.15, 0.2) is 6.61 Å². The van der Waals surface area contributed by atoms with E-state index in [2.05, 4.69) is 10.4 Å². The number of ether oxygens (including phenoxy) is 1. The van der Waals surface area contributed by atoms with Gasteiger partial charge in [-0.05, 0) is 18.2 Å². The Kier molecular flexibility index (Phi) is 5.06. The number of carbonyl (C=O) groups excluding carboxylic acids is 1. The molecule has 5 nitrogen and oxygen atoms in total. The van der Waals surface area contributed by atoms with Crippen molar-refractivity contribution in [2.75, 3.05) is 11.9 Å². The van der Waals surface area contributed by atoms with Crippen LogP contribution < -0.4 is 10.1 Å². The summed E-state index contributed by atoms with van der Waals surface area (Å²) in [7, 11) is 1.13. The van der Waals surface area contributed by atoms with Crippen molar-refractivity contribution in [3.8, 4) is 5.88 Å².